The number of nitrogens with one attached hydrogen (secondary N) is 1. The van der Waals surface area contributed by atoms with Gasteiger partial charge in [-0.2, -0.15) is 0 Å². The SMILES string of the molecule is COc1cc(CN(C)C(=O)C2CCCNC2)ccc1O. The van der Waals surface area contributed by atoms with Crippen LogP contribution in [0.15, 0.2) is 18.2 Å². The van der Waals surface area contributed by atoms with Crippen LogP contribution in [0, 0.1) is 5.92 Å². The van der Waals surface area contributed by atoms with Crippen molar-refractivity contribution in [2.75, 3.05) is 27.2 Å². The monoisotopic (exact) mass is 278 g/mol. The number of ether oxygens (including phenoxy) is 1. The largest absolute Gasteiger partial charge is 0.504 e. The minimum atomic E-state index is 0.0766. The molecule has 1 aliphatic rings. The summed E-state index contributed by atoms with van der Waals surface area (Å²) in [5.74, 6) is 0.793. The van der Waals surface area contributed by atoms with Crippen LogP contribution in [0.3, 0.4) is 0 Å². The molecule has 1 atom stereocenters. The molecule has 1 fully saturated rings. The van der Waals surface area contributed by atoms with Gasteiger partial charge in [0.05, 0.1) is 13.0 Å². The zero-order valence-electron chi connectivity index (χ0n) is 12.1. The number of hydrogen-bond acceptors (Lipinski definition) is 4. The molecule has 1 saturated heterocycles. The Hall–Kier alpha value is -1.75. The number of methoxy groups -OCH3 is 1. The van der Waals surface area contributed by atoms with Gasteiger partial charge in [-0.15, -0.1) is 0 Å². The van der Waals surface area contributed by atoms with Gasteiger partial charge in [0.15, 0.2) is 11.5 Å². The number of piperidine rings is 1. The third-order valence-corrected chi connectivity index (χ3v) is 3.69. The van der Waals surface area contributed by atoms with Crippen LogP contribution in [0.1, 0.15) is 18.4 Å². The lowest BCUT2D eigenvalue weighted by atomic mass is 9.98. The molecule has 1 unspecified atom stereocenters. The Labute approximate surface area is 119 Å². The fourth-order valence-electron chi connectivity index (χ4n) is 2.55. The van der Waals surface area contributed by atoms with E-state index in [1.807, 2.05) is 7.05 Å². The second-order valence-electron chi connectivity index (χ2n) is 5.24. The molecule has 2 N–H and O–H groups in total. The molecule has 20 heavy (non-hydrogen) atoms. The van der Waals surface area contributed by atoms with Gasteiger partial charge in [0.25, 0.3) is 0 Å². The fourth-order valence-corrected chi connectivity index (χ4v) is 2.55. The van der Waals surface area contributed by atoms with E-state index in [2.05, 4.69) is 5.32 Å². The lowest BCUT2D eigenvalue weighted by Gasteiger charge is -2.27. The zero-order valence-corrected chi connectivity index (χ0v) is 12.1. The molecular weight excluding hydrogens is 256 g/mol. The van der Waals surface area contributed by atoms with Crippen LogP contribution in [-0.2, 0) is 11.3 Å². The average molecular weight is 278 g/mol. The smallest absolute Gasteiger partial charge is 0.227 e. The van der Waals surface area contributed by atoms with Crippen LogP contribution in [0.5, 0.6) is 11.5 Å². The molecule has 5 heteroatoms. The second-order valence-corrected chi connectivity index (χ2v) is 5.24. The Bertz CT molecular complexity index is 470. The Kier molecular flexibility index (Phi) is 4.84. The predicted molar refractivity (Wildman–Crippen MR) is 76.7 cm³/mol. The highest BCUT2D eigenvalue weighted by Crippen LogP contribution is 2.27. The summed E-state index contributed by atoms with van der Waals surface area (Å²) in [6.07, 6.45) is 2.01. The number of rotatable bonds is 4. The second kappa shape index (κ2) is 6.61. The summed E-state index contributed by atoms with van der Waals surface area (Å²) in [4.78, 5) is 14.1. The van der Waals surface area contributed by atoms with Crippen molar-refractivity contribution < 1.29 is 14.6 Å². The van der Waals surface area contributed by atoms with Crippen LogP contribution in [0.25, 0.3) is 0 Å². The van der Waals surface area contributed by atoms with Gasteiger partial charge in [0, 0.05) is 20.1 Å². The quantitative estimate of drug-likeness (QED) is 0.873. The number of carbonyl (C=O) groups is 1. The minimum absolute atomic E-state index is 0.0766. The third-order valence-electron chi connectivity index (χ3n) is 3.69. The first-order valence-corrected chi connectivity index (χ1v) is 6.93. The van der Waals surface area contributed by atoms with Gasteiger partial charge in [-0.1, -0.05) is 6.07 Å². The van der Waals surface area contributed by atoms with E-state index < -0.39 is 0 Å². The van der Waals surface area contributed by atoms with E-state index in [4.69, 9.17) is 4.74 Å². The number of benzene rings is 1. The fraction of sp³-hybridized carbons (Fsp3) is 0.533. The van der Waals surface area contributed by atoms with Gasteiger partial charge in [-0.3, -0.25) is 4.79 Å². The Morgan fingerprint density at radius 3 is 3.00 bits per heavy atom. The number of phenols is 1. The molecule has 110 valence electrons. The molecule has 1 heterocycles. The lowest BCUT2D eigenvalue weighted by molar-refractivity contribution is -0.135. The highest BCUT2D eigenvalue weighted by molar-refractivity contribution is 5.79. The normalized spacial score (nSPS) is 18.6. The highest BCUT2D eigenvalue weighted by atomic mass is 16.5. The number of aromatic hydroxyl groups is 1. The Morgan fingerprint density at radius 2 is 2.35 bits per heavy atom. The maximum atomic E-state index is 12.3. The van der Waals surface area contributed by atoms with Crippen molar-refractivity contribution in [3.63, 3.8) is 0 Å². The molecule has 0 aliphatic carbocycles. The highest BCUT2D eigenvalue weighted by Gasteiger charge is 2.23. The standard InChI is InChI=1S/C15H22N2O3/c1-17(15(19)12-4-3-7-16-9-12)10-11-5-6-13(18)14(8-11)20-2/h5-6,8,12,16,18H,3-4,7,9-10H2,1-2H3. The maximum absolute atomic E-state index is 12.3. The summed E-state index contributed by atoms with van der Waals surface area (Å²) in [5, 5.41) is 12.8. The van der Waals surface area contributed by atoms with E-state index in [1.165, 1.54) is 7.11 Å². The van der Waals surface area contributed by atoms with E-state index in [1.54, 1.807) is 23.1 Å². The van der Waals surface area contributed by atoms with E-state index in [0.29, 0.717) is 12.3 Å². The topological polar surface area (TPSA) is 61.8 Å². The molecule has 1 aromatic carbocycles. The van der Waals surface area contributed by atoms with Crippen molar-refractivity contribution in [1.82, 2.24) is 10.2 Å². The molecule has 5 nitrogen and oxygen atoms in total. The summed E-state index contributed by atoms with van der Waals surface area (Å²) in [5.41, 5.74) is 0.944. The van der Waals surface area contributed by atoms with Gasteiger partial charge in [-0.05, 0) is 37.1 Å². The number of amides is 1. The van der Waals surface area contributed by atoms with E-state index in [0.717, 1.165) is 31.5 Å². The van der Waals surface area contributed by atoms with Gasteiger partial charge in [0.1, 0.15) is 0 Å². The summed E-state index contributed by atoms with van der Waals surface area (Å²) in [6.45, 7) is 2.29. The van der Waals surface area contributed by atoms with Crippen LogP contribution in [0.4, 0.5) is 0 Å². The third kappa shape index (κ3) is 3.42. The first-order valence-electron chi connectivity index (χ1n) is 6.93. The van der Waals surface area contributed by atoms with Crippen LogP contribution < -0.4 is 10.1 Å². The van der Waals surface area contributed by atoms with Crippen molar-refractivity contribution in [1.29, 1.82) is 0 Å². The van der Waals surface area contributed by atoms with E-state index in [9.17, 15) is 9.90 Å². The minimum Gasteiger partial charge on any atom is -0.504 e. The molecule has 0 bridgehead atoms. The van der Waals surface area contributed by atoms with E-state index in [-0.39, 0.29) is 17.6 Å². The number of phenolic OH excluding ortho intramolecular Hbond substituents is 1. The molecule has 1 aromatic rings. The summed E-state index contributed by atoms with van der Waals surface area (Å²) in [6, 6.07) is 5.16. The van der Waals surface area contributed by atoms with Gasteiger partial charge in [-0.25, -0.2) is 0 Å². The summed E-state index contributed by atoms with van der Waals surface area (Å²) in [7, 11) is 3.33. The molecular formula is C15H22N2O3. The van der Waals surface area contributed by atoms with Crippen molar-refractivity contribution in [3.8, 4) is 11.5 Å². The Balaban J connectivity index is 1.99. The first kappa shape index (κ1) is 14.7. The van der Waals surface area contributed by atoms with Gasteiger partial charge < -0.3 is 20.1 Å². The molecule has 1 amide bonds. The lowest BCUT2D eigenvalue weighted by Crippen LogP contribution is -2.41. The van der Waals surface area contributed by atoms with Crippen molar-refractivity contribution in [2.24, 2.45) is 5.92 Å². The predicted octanol–water partition coefficient (Wildman–Crippen LogP) is 1.36. The molecule has 1 aliphatic heterocycles. The number of carbonyl (C=O) groups excluding carboxylic acids is 1. The molecule has 0 aromatic heterocycles. The van der Waals surface area contributed by atoms with Crippen LogP contribution >= 0.6 is 0 Å². The molecule has 0 spiro atoms. The van der Waals surface area contributed by atoms with E-state index >= 15 is 0 Å². The van der Waals surface area contributed by atoms with Gasteiger partial charge >= 0.3 is 0 Å². The summed E-state index contributed by atoms with van der Waals surface area (Å²) < 4.78 is 5.08. The molecule has 0 radical (unpaired) electrons. The Morgan fingerprint density at radius 1 is 1.55 bits per heavy atom. The van der Waals surface area contributed by atoms with Crippen molar-refractivity contribution in [2.45, 2.75) is 19.4 Å². The zero-order chi connectivity index (χ0) is 14.5. The molecule has 2 rings (SSSR count). The molecule has 0 saturated carbocycles. The number of hydrogen-bond donors (Lipinski definition) is 2. The van der Waals surface area contributed by atoms with Gasteiger partial charge in [0.2, 0.25) is 5.91 Å². The maximum Gasteiger partial charge on any atom is 0.227 e. The van der Waals surface area contributed by atoms with Crippen molar-refractivity contribution in [3.05, 3.63) is 23.8 Å². The number of nitrogens with zero attached hydrogens (tertiary/aromatic N) is 1. The average Bonchev–Trinajstić information content (AvgIpc) is 2.49. The first-order chi connectivity index (χ1) is 9.61. The van der Waals surface area contributed by atoms with Crippen molar-refractivity contribution >= 4 is 5.91 Å². The van der Waals surface area contributed by atoms with Crippen LogP contribution in [0.2, 0.25) is 0 Å². The van der Waals surface area contributed by atoms with Crippen LogP contribution in [-0.4, -0.2) is 43.2 Å². The summed E-state index contributed by atoms with van der Waals surface area (Å²) >= 11 is 0.